The van der Waals surface area contributed by atoms with Gasteiger partial charge in [0, 0.05) is 6.61 Å². The van der Waals surface area contributed by atoms with Gasteiger partial charge in [0.25, 0.3) is 5.91 Å². The van der Waals surface area contributed by atoms with Crippen molar-refractivity contribution in [3.05, 3.63) is 0 Å². The Morgan fingerprint density at radius 2 is 2.17 bits per heavy atom. The van der Waals surface area contributed by atoms with Gasteiger partial charge in [0.2, 0.25) is 0 Å². The zero-order chi connectivity index (χ0) is 13.0. The number of carbonyl (C=O) groups is 2. The van der Waals surface area contributed by atoms with Crippen LogP contribution >= 0.6 is 0 Å². The minimum Gasteiger partial charge on any atom is -0.375 e. The van der Waals surface area contributed by atoms with Crippen LogP contribution in [-0.2, 0) is 9.53 Å². The second-order valence-corrected chi connectivity index (χ2v) is 5.19. The Balaban J connectivity index is 2.10. The van der Waals surface area contributed by atoms with Crippen LogP contribution in [0, 0.1) is 0 Å². The molecular weight excluding hydrogens is 232 g/mol. The molecule has 2 saturated heterocycles. The second kappa shape index (κ2) is 5.69. The fourth-order valence-corrected chi connectivity index (χ4v) is 2.85. The molecule has 2 aliphatic rings. The molecule has 0 aromatic heterocycles. The zero-order valence-electron chi connectivity index (χ0n) is 11.0. The average Bonchev–Trinajstić information content (AvgIpc) is 2.67. The molecule has 18 heavy (non-hydrogen) atoms. The Morgan fingerprint density at radius 1 is 1.33 bits per heavy atom. The van der Waals surface area contributed by atoms with E-state index in [4.69, 9.17) is 4.74 Å². The van der Waals surface area contributed by atoms with Crippen molar-refractivity contribution in [1.29, 1.82) is 0 Å². The number of rotatable bonds is 5. The minimum absolute atomic E-state index is 0.172. The van der Waals surface area contributed by atoms with E-state index in [1.807, 2.05) is 0 Å². The van der Waals surface area contributed by atoms with Crippen molar-refractivity contribution in [3.8, 4) is 0 Å². The van der Waals surface area contributed by atoms with Gasteiger partial charge >= 0.3 is 6.03 Å². The van der Waals surface area contributed by atoms with E-state index in [9.17, 15) is 9.59 Å². The van der Waals surface area contributed by atoms with E-state index in [1.54, 1.807) is 0 Å². The normalized spacial score (nSPS) is 32.2. The maximum Gasteiger partial charge on any atom is 0.322 e. The van der Waals surface area contributed by atoms with E-state index in [0.717, 1.165) is 38.5 Å². The summed E-state index contributed by atoms with van der Waals surface area (Å²) in [5.41, 5.74) is -0.827. The molecule has 102 valence electrons. The van der Waals surface area contributed by atoms with Crippen molar-refractivity contribution in [3.63, 3.8) is 0 Å². The maximum absolute atomic E-state index is 12.1. The number of carbonyl (C=O) groups excluding carboxylic acids is 2. The fraction of sp³-hybridized carbons (Fsp3) is 0.846. The van der Waals surface area contributed by atoms with Gasteiger partial charge in [-0.1, -0.05) is 26.2 Å². The SMILES string of the molecule is CCCCC[C@@]1([C@@H]2CCCCO2)NC(=O)NC1=O. The van der Waals surface area contributed by atoms with Crippen molar-refractivity contribution in [2.24, 2.45) is 0 Å². The molecule has 0 bridgehead atoms. The number of hydrogen-bond acceptors (Lipinski definition) is 3. The van der Waals surface area contributed by atoms with Gasteiger partial charge in [-0.3, -0.25) is 10.1 Å². The zero-order valence-corrected chi connectivity index (χ0v) is 11.0. The highest BCUT2D eigenvalue weighted by Crippen LogP contribution is 2.30. The molecule has 0 unspecified atom stereocenters. The minimum atomic E-state index is -0.827. The van der Waals surface area contributed by atoms with Gasteiger partial charge in [-0.2, -0.15) is 0 Å². The number of unbranched alkanes of at least 4 members (excludes halogenated alkanes) is 2. The smallest absolute Gasteiger partial charge is 0.322 e. The number of imide groups is 1. The molecule has 2 atom stereocenters. The van der Waals surface area contributed by atoms with Gasteiger partial charge in [-0.25, -0.2) is 4.79 Å². The summed E-state index contributed by atoms with van der Waals surface area (Å²) in [5.74, 6) is -0.212. The molecule has 5 nitrogen and oxygen atoms in total. The van der Waals surface area contributed by atoms with Crippen LogP contribution < -0.4 is 10.6 Å². The molecule has 0 aromatic carbocycles. The summed E-state index contributed by atoms with van der Waals surface area (Å²) in [6.07, 6.45) is 6.54. The van der Waals surface area contributed by atoms with Crippen molar-refractivity contribution < 1.29 is 14.3 Å². The summed E-state index contributed by atoms with van der Waals surface area (Å²) in [6, 6.07) is -0.384. The lowest BCUT2D eigenvalue weighted by atomic mass is 9.83. The van der Waals surface area contributed by atoms with Crippen LogP contribution in [-0.4, -0.2) is 30.2 Å². The van der Waals surface area contributed by atoms with Crippen molar-refractivity contribution in [2.45, 2.75) is 63.5 Å². The quantitative estimate of drug-likeness (QED) is 0.580. The summed E-state index contributed by atoms with van der Waals surface area (Å²) in [7, 11) is 0. The van der Waals surface area contributed by atoms with E-state index in [0.29, 0.717) is 13.0 Å². The van der Waals surface area contributed by atoms with Gasteiger partial charge < -0.3 is 10.1 Å². The fourth-order valence-electron chi connectivity index (χ4n) is 2.85. The monoisotopic (exact) mass is 254 g/mol. The Hall–Kier alpha value is -1.10. The Kier molecular flexibility index (Phi) is 4.22. The van der Waals surface area contributed by atoms with Crippen LogP contribution in [0.1, 0.15) is 51.9 Å². The molecule has 3 amide bonds. The number of nitrogens with one attached hydrogen (secondary N) is 2. The molecule has 2 fully saturated rings. The molecule has 0 spiro atoms. The Labute approximate surface area is 108 Å². The number of amides is 3. The molecule has 2 N–H and O–H groups in total. The van der Waals surface area contributed by atoms with Crippen LogP contribution in [0.5, 0.6) is 0 Å². The molecule has 0 aromatic rings. The van der Waals surface area contributed by atoms with E-state index in [1.165, 1.54) is 0 Å². The number of ether oxygens (including phenoxy) is 1. The lowest BCUT2D eigenvalue weighted by Gasteiger charge is -2.37. The molecule has 2 rings (SSSR count). The molecular formula is C13H22N2O3. The summed E-state index contributed by atoms with van der Waals surface area (Å²) in [6.45, 7) is 2.81. The third kappa shape index (κ3) is 2.51. The highest BCUT2D eigenvalue weighted by atomic mass is 16.5. The molecule has 2 heterocycles. The molecule has 0 saturated carbocycles. The molecule has 5 heteroatoms. The van der Waals surface area contributed by atoms with E-state index < -0.39 is 5.54 Å². The first-order chi connectivity index (χ1) is 8.69. The first-order valence-corrected chi connectivity index (χ1v) is 6.94. The standard InChI is InChI=1S/C13H22N2O3/c1-2-3-5-8-13(10-7-4-6-9-18-10)11(16)14-12(17)15-13/h10H,2-9H2,1H3,(H2,14,15,16,17)/t10-,13-/m0/s1. The molecule has 0 radical (unpaired) electrons. The van der Waals surface area contributed by atoms with Gasteiger partial charge in [-0.05, 0) is 25.7 Å². The molecule has 0 aliphatic carbocycles. The second-order valence-electron chi connectivity index (χ2n) is 5.19. The van der Waals surface area contributed by atoms with Crippen LogP contribution in [0.15, 0.2) is 0 Å². The van der Waals surface area contributed by atoms with Gasteiger partial charge in [-0.15, -0.1) is 0 Å². The van der Waals surface area contributed by atoms with E-state index >= 15 is 0 Å². The highest BCUT2D eigenvalue weighted by Gasteiger charge is 2.52. The number of hydrogen-bond donors (Lipinski definition) is 2. The van der Waals surface area contributed by atoms with Crippen LogP contribution in [0.3, 0.4) is 0 Å². The summed E-state index contributed by atoms with van der Waals surface area (Å²) in [5, 5.41) is 5.18. The van der Waals surface area contributed by atoms with Crippen LogP contribution in [0.25, 0.3) is 0 Å². The van der Waals surface area contributed by atoms with Crippen molar-refractivity contribution in [2.75, 3.05) is 6.61 Å². The first kappa shape index (κ1) is 13.3. The van der Waals surface area contributed by atoms with Gasteiger partial charge in [0.1, 0.15) is 5.54 Å². The Morgan fingerprint density at radius 3 is 2.72 bits per heavy atom. The largest absolute Gasteiger partial charge is 0.375 e. The van der Waals surface area contributed by atoms with Crippen molar-refractivity contribution >= 4 is 11.9 Å². The predicted molar refractivity (Wildman–Crippen MR) is 67.1 cm³/mol. The highest BCUT2D eigenvalue weighted by molar-refractivity contribution is 6.07. The van der Waals surface area contributed by atoms with Gasteiger partial charge in [0.05, 0.1) is 6.10 Å². The lowest BCUT2D eigenvalue weighted by Crippen LogP contribution is -2.58. The van der Waals surface area contributed by atoms with Crippen LogP contribution in [0.2, 0.25) is 0 Å². The average molecular weight is 254 g/mol. The number of urea groups is 1. The predicted octanol–water partition coefficient (Wildman–Crippen LogP) is 1.71. The third-order valence-corrected chi connectivity index (χ3v) is 3.87. The first-order valence-electron chi connectivity index (χ1n) is 6.94. The van der Waals surface area contributed by atoms with Crippen molar-refractivity contribution in [1.82, 2.24) is 10.6 Å². The Bertz CT molecular complexity index is 326. The topological polar surface area (TPSA) is 67.4 Å². The maximum atomic E-state index is 12.1. The summed E-state index contributed by atoms with van der Waals surface area (Å²) >= 11 is 0. The van der Waals surface area contributed by atoms with E-state index in [-0.39, 0.29) is 18.0 Å². The third-order valence-electron chi connectivity index (χ3n) is 3.87. The summed E-state index contributed by atoms with van der Waals surface area (Å²) < 4.78 is 5.74. The summed E-state index contributed by atoms with van der Waals surface area (Å²) in [4.78, 5) is 23.6. The molecule has 2 aliphatic heterocycles. The van der Waals surface area contributed by atoms with Crippen LogP contribution in [0.4, 0.5) is 4.79 Å². The van der Waals surface area contributed by atoms with Gasteiger partial charge in [0.15, 0.2) is 0 Å². The lowest BCUT2D eigenvalue weighted by molar-refractivity contribution is -0.133. The van der Waals surface area contributed by atoms with E-state index in [2.05, 4.69) is 17.6 Å².